The van der Waals surface area contributed by atoms with Crippen molar-refractivity contribution in [2.24, 2.45) is 0 Å². The first-order valence-electron chi connectivity index (χ1n) is 11.6. The fourth-order valence-electron chi connectivity index (χ4n) is 5.13. The van der Waals surface area contributed by atoms with Crippen LogP contribution in [0.2, 0.25) is 0 Å². The molecule has 9 nitrogen and oxygen atoms in total. The first-order chi connectivity index (χ1) is 16.7. The van der Waals surface area contributed by atoms with Crippen molar-refractivity contribution >= 4 is 22.8 Å². The Balaban J connectivity index is 1.49. The Morgan fingerprint density at radius 1 is 1.09 bits per heavy atom. The van der Waals surface area contributed by atoms with E-state index in [1.54, 1.807) is 19.3 Å². The topological polar surface area (TPSA) is 102 Å². The third kappa shape index (κ3) is 3.16. The number of halogens is 1. The zero-order chi connectivity index (χ0) is 24.5. The molecule has 1 fully saturated rings. The van der Waals surface area contributed by atoms with Crippen LogP contribution in [-0.4, -0.2) is 59.1 Å². The highest BCUT2D eigenvalue weighted by Crippen LogP contribution is 2.46. The molecule has 2 aliphatic rings. The predicted molar refractivity (Wildman–Crippen MR) is 129 cm³/mol. The lowest BCUT2D eigenvalue weighted by Gasteiger charge is -2.50. The molecule has 1 amide bonds. The summed E-state index contributed by atoms with van der Waals surface area (Å²) in [7, 11) is 0. The van der Waals surface area contributed by atoms with Crippen molar-refractivity contribution in [3.05, 3.63) is 48.3 Å². The molecule has 0 unspecified atom stereocenters. The predicted octanol–water partition coefficient (Wildman–Crippen LogP) is 3.49. The van der Waals surface area contributed by atoms with Crippen LogP contribution in [-0.2, 0) is 16.9 Å². The maximum atomic E-state index is 14.3. The molecule has 1 aromatic carbocycles. The number of likely N-dealkylation sites (tertiary alicyclic amines) is 1. The number of carbonyl (C=O) groups excluding carboxylic acids is 1. The van der Waals surface area contributed by atoms with E-state index >= 15 is 0 Å². The molecule has 3 aromatic heterocycles. The second-order valence-corrected chi connectivity index (χ2v) is 9.65. The molecule has 0 saturated carbocycles. The molecule has 1 saturated heterocycles. The third-order valence-electron chi connectivity index (χ3n) is 7.07. The van der Waals surface area contributed by atoms with Gasteiger partial charge < -0.3 is 9.88 Å². The highest BCUT2D eigenvalue weighted by Gasteiger charge is 2.55. The van der Waals surface area contributed by atoms with Crippen molar-refractivity contribution in [3.8, 4) is 22.6 Å². The molecule has 0 spiro atoms. The summed E-state index contributed by atoms with van der Waals surface area (Å²) in [6, 6.07) is 5.76. The molecule has 1 N–H and O–H groups in total. The molecule has 5 heterocycles. The molecule has 0 radical (unpaired) electrons. The van der Waals surface area contributed by atoms with Gasteiger partial charge in [0.1, 0.15) is 40.4 Å². The largest absolute Gasteiger partial charge is 0.324 e. The average Bonchev–Trinajstić information content (AvgIpc) is 3.32. The van der Waals surface area contributed by atoms with Gasteiger partial charge in [-0.25, -0.2) is 29.3 Å². The van der Waals surface area contributed by atoms with Gasteiger partial charge in [0.2, 0.25) is 5.91 Å². The average molecular weight is 473 g/mol. The van der Waals surface area contributed by atoms with Crippen LogP contribution in [0.3, 0.4) is 0 Å². The molecule has 0 bridgehead atoms. The van der Waals surface area contributed by atoms with E-state index in [9.17, 15) is 9.18 Å². The van der Waals surface area contributed by atoms with Crippen molar-refractivity contribution in [3.63, 3.8) is 0 Å². The second-order valence-electron chi connectivity index (χ2n) is 9.65. The first-order valence-corrected chi connectivity index (χ1v) is 11.6. The Morgan fingerprint density at radius 2 is 1.83 bits per heavy atom. The zero-order valence-electron chi connectivity index (χ0n) is 20.0. The van der Waals surface area contributed by atoms with Gasteiger partial charge in [-0.05, 0) is 39.8 Å². The fourth-order valence-corrected chi connectivity index (χ4v) is 5.13. The van der Waals surface area contributed by atoms with Gasteiger partial charge in [-0.2, -0.15) is 0 Å². The SMILES string of the molecule is CCn1c(-c2cnc(C)nc2)nc2c(-c3ccc4c(c3)[C@](C)(N3CC(C)(F)C3)C(=O)N4)ncnc21. The van der Waals surface area contributed by atoms with Gasteiger partial charge in [-0.3, -0.25) is 9.69 Å². The molecular weight excluding hydrogens is 447 g/mol. The van der Waals surface area contributed by atoms with Crippen molar-refractivity contribution in [1.82, 2.24) is 34.4 Å². The number of fused-ring (bicyclic) bond motifs is 2. The number of alkyl halides is 1. The molecule has 2 aliphatic heterocycles. The van der Waals surface area contributed by atoms with Crippen LogP contribution >= 0.6 is 0 Å². The minimum absolute atomic E-state index is 0.148. The number of benzene rings is 1. The van der Waals surface area contributed by atoms with Gasteiger partial charge in [-0.15, -0.1) is 0 Å². The number of anilines is 1. The Kier molecular flexibility index (Phi) is 4.56. The number of imidazole rings is 1. The van der Waals surface area contributed by atoms with E-state index in [4.69, 9.17) is 4.98 Å². The van der Waals surface area contributed by atoms with Gasteiger partial charge in [0.05, 0.1) is 5.56 Å². The number of nitrogens with one attached hydrogen (secondary N) is 1. The highest BCUT2D eigenvalue weighted by atomic mass is 19.1. The summed E-state index contributed by atoms with van der Waals surface area (Å²) in [5.41, 5.74) is 2.95. The summed E-state index contributed by atoms with van der Waals surface area (Å²) in [4.78, 5) is 37.5. The Morgan fingerprint density at radius 3 is 2.51 bits per heavy atom. The number of aromatic nitrogens is 6. The van der Waals surface area contributed by atoms with Crippen LogP contribution in [0.5, 0.6) is 0 Å². The van der Waals surface area contributed by atoms with Crippen molar-refractivity contribution in [1.29, 1.82) is 0 Å². The van der Waals surface area contributed by atoms with Crippen LogP contribution in [0, 0.1) is 6.92 Å². The number of aryl methyl sites for hydroxylation is 2. The van der Waals surface area contributed by atoms with Crippen LogP contribution in [0.25, 0.3) is 33.8 Å². The van der Waals surface area contributed by atoms with Gasteiger partial charge in [0.25, 0.3) is 0 Å². The molecule has 6 rings (SSSR count). The lowest BCUT2D eigenvalue weighted by molar-refractivity contribution is -0.139. The van der Waals surface area contributed by atoms with Crippen LogP contribution in [0.15, 0.2) is 36.9 Å². The lowest BCUT2D eigenvalue weighted by Crippen LogP contribution is -2.65. The summed E-state index contributed by atoms with van der Waals surface area (Å²) >= 11 is 0. The van der Waals surface area contributed by atoms with E-state index in [0.29, 0.717) is 29.2 Å². The van der Waals surface area contributed by atoms with Gasteiger partial charge in [0, 0.05) is 48.8 Å². The lowest BCUT2D eigenvalue weighted by atomic mass is 9.84. The molecule has 0 aliphatic carbocycles. The van der Waals surface area contributed by atoms with Crippen molar-refractivity contribution in [2.75, 3.05) is 18.4 Å². The standard InChI is InChI=1S/C25H25FN8O/c1-5-34-21(16-9-27-14(2)28-10-16)32-20-19(29-13-30-22(20)34)15-6-7-18-17(8-15)25(4,23(35)31-18)33-11-24(3,26)12-33/h6-10,13H,5,11-12H2,1-4H3,(H,31,35)/t25-/m0/s1. The quantitative estimate of drug-likeness (QED) is 0.485. The maximum absolute atomic E-state index is 14.3. The molecule has 178 valence electrons. The Bertz CT molecular complexity index is 1490. The minimum Gasteiger partial charge on any atom is -0.324 e. The summed E-state index contributed by atoms with van der Waals surface area (Å²) in [5, 5.41) is 2.96. The number of carbonyl (C=O) groups is 1. The number of nitrogens with zero attached hydrogens (tertiary/aromatic N) is 7. The van der Waals surface area contributed by atoms with E-state index in [0.717, 1.165) is 28.2 Å². The second kappa shape index (κ2) is 7.35. The first kappa shape index (κ1) is 21.7. The van der Waals surface area contributed by atoms with Crippen LogP contribution in [0.4, 0.5) is 10.1 Å². The van der Waals surface area contributed by atoms with E-state index in [-0.39, 0.29) is 19.0 Å². The monoisotopic (exact) mass is 472 g/mol. The Labute approximate surface area is 201 Å². The highest BCUT2D eigenvalue weighted by molar-refractivity contribution is 6.06. The number of hydrogen-bond acceptors (Lipinski definition) is 7. The number of hydrogen-bond donors (Lipinski definition) is 1. The van der Waals surface area contributed by atoms with Crippen LogP contribution < -0.4 is 5.32 Å². The maximum Gasteiger partial charge on any atom is 0.249 e. The summed E-state index contributed by atoms with van der Waals surface area (Å²) < 4.78 is 16.3. The number of amides is 1. The smallest absolute Gasteiger partial charge is 0.249 e. The Hall–Kier alpha value is -3.79. The summed E-state index contributed by atoms with van der Waals surface area (Å²) in [5.74, 6) is 1.26. The molecular formula is C25H25FN8O. The summed E-state index contributed by atoms with van der Waals surface area (Å²) in [6.07, 6.45) is 5.04. The normalized spacial score (nSPS) is 21.1. The fraction of sp³-hybridized carbons (Fsp3) is 0.360. The molecule has 4 aromatic rings. The minimum atomic E-state index is -1.29. The van der Waals surface area contributed by atoms with Crippen molar-refractivity contribution < 1.29 is 9.18 Å². The molecule has 10 heteroatoms. The van der Waals surface area contributed by atoms with E-state index < -0.39 is 11.2 Å². The van der Waals surface area contributed by atoms with Gasteiger partial charge in [-0.1, -0.05) is 6.07 Å². The van der Waals surface area contributed by atoms with Gasteiger partial charge >= 0.3 is 0 Å². The number of rotatable bonds is 4. The van der Waals surface area contributed by atoms with E-state index in [2.05, 4.69) is 25.3 Å². The molecule has 35 heavy (non-hydrogen) atoms. The van der Waals surface area contributed by atoms with Gasteiger partial charge in [0.15, 0.2) is 5.65 Å². The van der Waals surface area contributed by atoms with Crippen LogP contribution in [0.1, 0.15) is 32.2 Å². The van der Waals surface area contributed by atoms with E-state index in [1.807, 2.05) is 48.4 Å². The van der Waals surface area contributed by atoms with E-state index in [1.165, 1.54) is 6.33 Å². The summed E-state index contributed by atoms with van der Waals surface area (Å²) in [6.45, 7) is 8.37. The third-order valence-corrected chi connectivity index (χ3v) is 7.07. The molecule has 1 atom stereocenters. The van der Waals surface area contributed by atoms with Crippen molar-refractivity contribution in [2.45, 2.75) is 45.4 Å². The zero-order valence-corrected chi connectivity index (χ0v) is 20.0.